The molecule has 9 heteroatoms. The van der Waals surface area contributed by atoms with E-state index in [1.807, 2.05) is 6.92 Å². The number of hydrogen-bond donors (Lipinski definition) is 4. The number of aromatic nitrogens is 2. The molecule has 8 nitrogen and oxygen atoms in total. The molecule has 0 aliphatic carbocycles. The standard InChI is InChI=1S/C10H16N6O2S/c1-2-3-4-16-8(18)6(5-13-15-9(11)12)7(17)14-10(16)19/h5,18H,2-4H2,1H3,(H4,11,12,15)(H,14,17,19)/b13-5+. The molecule has 0 fully saturated rings. The van der Waals surface area contributed by atoms with E-state index in [2.05, 4.69) is 15.2 Å². The summed E-state index contributed by atoms with van der Waals surface area (Å²) in [6.07, 6.45) is 2.82. The summed E-state index contributed by atoms with van der Waals surface area (Å²) in [5, 5.41) is 16.9. The Kier molecular flexibility index (Phi) is 5.24. The molecule has 19 heavy (non-hydrogen) atoms. The van der Waals surface area contributed by atoms with E-state index < -0.39 is 5.56 Å². The van der Waals surface area contributed by atoms with Gasteiger partial charge in [-0.2, -0.15) is 5.10 Å². The molecule has 0 spiro atoms. The monoisotopic (exact) mass is 284 g/mol. The van der Waals surface area contributed by atoms with E-state index in [9.17, 15) is 9.90 Å². The number of hydrogen-bond acceptors (Lipinski definition) is 5. The zero-order valence-corrected chi connectivity index (χ0v) is 11.3. The van der Waals surface area contributed by atoms with Crippen molar-refractivity contribution in [3.05, 3.63) is 20.7 Å². The molecule has 0 saturated carbocycles. The lowest BCUT2D eigenvalue weighted by atomic mass is 10.3. The van der Waals surface area contributed by atoms with Crippen molar-refractivity contribution in [1.82, 2.24) is 9.55 Å². The van der Waals surface area contributed by atoms with Crippen LogP contribution in [-0.4, -0.2) is 26.8 Å². The molecule has 104 valence electrons. The number of nitrogens with one attached hydrogen (secondary N) is 1. The van der Waals surface area contributed by atoms with Crippen molar-refractivity contribution in [2.24, 2.45) is 21.7 Å². The zero-order valence-electron chi connectivity index (χ0n) is 10.5. The highest BCUT2D eigenvalue weighted by Crippen LogP contribution is 2.12. The molecule has 0 aliphatic heterocycles. The van der Waals surface area contributed by atoms with Crippen molar-refractivity contribution in [2.45, 2.75) is 26.3 Å². The molecule has 0 bridgehead atoms. The van der Waals surface area contributed by atoms with Crippen molar-refractivity contribution in [3.8, 4) is 5.88 Å². The summed E-state index contributed by atoms with van der Waals surface area (Å²) >= 11 is 4.99. The Labute approximate surface area is 114 Å². The van der Waals surface area contributed by atoms with E-state index in [0.29, 0.717) is 6.54 Å². The van der Waals surface area contributed by atoms with Gasteiger partial charge in [-0.15, -0.1) is 5.10 Å². The topological polar surface area (TPSA) is 135 Å². The van der Waals surface area contributed by atoms with E-state index in [4.69, 9.17) is 23.7 Å². The fourth-order valence-corrected chi connectivity index (χ4v) is 1.64. The SMILES string of the molecule is CCCCn1c(O)c(/C=N/N=C(N)N)c(=O)[nH]c1=S. The minimum absolute atomic E-state index is 0.0466. The Balaban J connectivity index is 3.25. The number of nitrogens with two attached hydrogens (primary N) is 2. The Morgan fingerprint density at radius 3 is 2.84 bits per heavy atom. The maximum Gasteiger partial charge on any atom is 0.264 e. The highest BCUT2D eigenvalue weighted by atomic mass is 32.1. The molecule has 0 aromatic carbocycles. The smallest absolute Gasteiger partial charge is 0.264 e. The molecule has 0 unspecified atom stereocenters. The predicted molar refractivity (Wildman–Crippen MR) is 75.9 cm³/mol. The second kappa shape index (κ2) is 6.69. The second-order valence-electron chi connectivity index (χ2n) is 3.77. The summed E-state index contributed by atoms with van der Waals surface area (Å²) in [5.74, 6) is -0.498. The fourth-order valence-electron chi connectivity index (χ4n) is 1.37. The van der Waals surface area contributed by atoms with Crippen LogP contribution in [0.4, 0.5) is 0 Å². The van der Waals surface area contributed by atoms with Gasteiger partial charge in [0.2, 0.25) is 11.8 Å². The number of H-pyrrole nitrogens is 1. The van der Waals surface area contributed by atoms with E-state index in [1.165, 1.54) is 4.57 Å². The largest absolute Gasteiger partial charge is 0.494 e. The molecule has 0 aliphatic rings. The maximum absolute atomic E-state index is 11.7. The van der Waals surface area contributed by atoms with Gasteiger partial charge in [-0.3, -0.25) is 14.3 Å². The first-order chi connectivity index (χ1) is 8.97. The minimum atomic E-state index is -0.551. The van der Waals surface area contributed by atoms with Gasteiger partial charge >= 0.3 is 0 Å². The second-order valence-corrected chi connectivity index (χ2v) is 4.16. The summed E-state index contributed by atoms with van der Waals surface area (Å²) < 4.78 is 1.59. The number of guanidine groups is 1. The Hall–Kier alpha value is -2.16. The van der Waals surface area contributed by atoms with Gasteiger partial charge in [0.1, 0.15) is 5.56 Å². The first-order valence-corrected chi connectivity index (χ1v) is 6.06. The highest BCUT2D eigenvalue weighted by molar-refractivity contribution is 7.71. The first-order valence-electron chi connectivity index (χ1n) is 5.65. The average molecular weight is 284 g/mol. The molecular formula is C10H16N6O2S. The minimum Gasteiger partial charge on any atom is -0.494 e. The molecule has 0 amide bonds. The number of aromatic hydroxyl groups is 1. The van der Waals surface area contributed by atoms with Crippen LogP contribution in [0.2, 0.25) is 0 Å². The first kappa shape index (κ1) is 14.9. The lowest BCUT2D eigenvalue weighted by Crippen LogP contribution is -2.22. The van der Waals surface area contributed by atoms with Crippen molar-refractivity contribution in [2.75, 3.05) is 0 Å². The van der Waals surface area contributed by atoms with Crippen LogP contribution in [0.25, 0.3) is 0 Å². The van der Waals surface area contributed by atoms with Gasteiger partial charge < -0.3 is 16.6 Å². The Morgan fingerprint density at radius 2 is 2.26 bits per heavy atom. The van der Waals surface area contributed by atoms with Crippen LogP contribution in [-0.2, 0) is 6.54 Å². The van der Waals surface area contributed by atoms with Gasteiger partial charge in [0.15, 0.2) is 4.77 Å². The number of aromatic amines is 1. The fraction of sp³-hybridized carbons (Fsp3) is 0.400. The lowest BCUT2D eigenvalue weighted by Gasteiger charge is -2.09. The van der Waals surface area contributed by atoms with Crippen molar-refractivity contribution >= 4 is 24.4 Å². The van der Waals surface area contributed by atoms with Crippen LogP contribution in [0.1, 0.15) is 25.3 Å². The number of rotatable bonds is 5. The molecule has 0 saturated heterocycles. The van der Waals surface area contributed by atoms with E-state index >= 15 is 0 Å². The van der Waals surface area contributed by atoms with Crippen LogP contribution in [0.5, 0.6) is 5.88 Å². The molecule has 0 atom stereocenters. The Bertz CT molecular complexity index is 611. The average Bonchev–Trinajstić information content (AvgIpc) is 2.32. The van der Waals surface area contributed by atoms with Crippen LogP contribution in [0, 0.1) is 4.77 Å². The van der Waals surface area contributed by atoms with Crippen LogP contribution in [0.3, 0.4) is 0 Å². The summed E-state index contributed by atoms with van der Waals surface area (Å²) in [4.78, 5) is 14.1. The van der Waals surface area contributed by atoms with Gasteiger partial charge in [-0.25, -0.2) is 0 Å². The van der Waals surface area contributed by atoms with E-state index in [-0.39, 0.29) is 22.2 Å². The summed E-state index contributed by atoms with van der Waals surface area (Å²) in [5.41, 5.74) is 9.59. The summed E-state index contributed by atoms with van der Waals surface area (Å²) in [6.45, 7) is 2.51. The third-order valence-electron chi connectivity index (χ3n) is 2.30. The van der Waals surface area contributed by atoms with Crippen LogP contribution in [0.15, 0.2) is 15.0 Å². The van der Waals surface area contributed by atoms with Gasteiger partial charge in [-0.05, 0) is 18.6 Å². The molecule has 1 aromatic rings. The van der Waals surface area contributed by atoms with Gasteiger partial charge in [-0.1, -0.05) is 13.3 Å². The molecule has 1 rings (SSSR count). The maximum atomic E-state index is 11.7. The third-order valence-corrected chi connectivity index (χ3v) is 2.62. The van der Waals surface area contributed by atoms with Gasteiger partial charge in [0, 0.05) is 6.54 Å². The summed E-state index contributed by atoms with van der Waals surface area (Å²) in [6, 6.07) is 0. The van der Waals surface area contributed by atoms with Crippen LogP contribution >= 0.6 is 12.2 Å². The van der Waals surface area contributed by atoms with E-state index in [1.54, 1.807) is 0 Å². The molecule has 1 aromatic heterocycles. The van der Waals surface area contributed by atoms with Crippen molar-refractivity contribution in [3.63, 3.8) is 0 Å². The molecule has 1 heterocycles. The summed E-state index contributed by atoms with van der Waals surface area (Å²) in [7, 11) is 0. The quantitative estimate of drug-likeness (QED) is 0.261. The lowest BCUT2D eigenvalue weighted by molar-refractivity contribution is 0.398. The predicted octanol–water partition coefficient (Wildman–Crippen LogP) is 0.0189. The molecule has 0 radical (unpaired) electrons. The van der Waals surface area contributed by atoms with Gasteiger partial charge in [0.25, 0.3) is 5.56 Å². The van der Waals surface area contributed by atoms with Gasteiger partial charge in [0.05, 0.1) is 6.21 Å². The van der Waals surface area contributed by atoms with E-state index in [0.717, 1.165) is 19.1 Å². The Morgan fingerprint density at radius 1 is 1.58 bits per heavy atom. The number of unbranched alkanes of at least 4 members (excludes halogenated alkanes) is 1. The van der Waals surface area contributed by atoms with Crippen molar-refractivity contribution in [1.29, 1.82) is 0 Å². The number of nitrogens with zero attached hydrogens (tertiary/aromatic N) is 3. The van der Waals surface area contributed by atoms with Crippen LogP contribution < -0.4 is 17.0 Å². The zero-order chi connectivity index (χ0) is 14.4. The highest BCUT2D eigenvalue weighted by Gasteiger charge is 2.10. The normalized spacial score (nSPS) is 10.8. The molecular weight excluding hydrogens is 268 g/mol. The molecule has 6 N–H and O–H groups in total. The third kappa shape index (κ3) is 3.91. The van der Waals surface area contributed by atoms with Crippen molar-refractivity contribution < 1.29 is 5.11 Å².